The maximum absolute atomic E-state index is 11.2. The molecule has 0 aliphatic carbocycles. The monoisotopic (exact) mass is 204 g/mol. The molecule has 0 saturated heterocycles. The van der Waals surface area contributed by atoms with Gasteiger partial charge < -0.3 is 0 Å². The molecule has 1 aromatic heterocycles. The highest BCUT2D eigenvalue weighted by atomic mass is 35.5. The normalized spacial score (nSPS) is 9.83. The van der Waals surface area contributed by atoms with Gasteiger partial charge in [-0.25, -0.2) is 4.68 Å². The van der Waals surface area contributed by atoms with Crippen LogP contribution in [0.15, 0.2) is 23.6 Å². The number of halogens is 2. The molecule has 5 heteroatoms. The van der Waals surface area contributed by atoms with Gasteiger partial charge in [-0.1, -0.05) is 29.3 Å². The second-order valence-electron chi connectivity index (χ2n) is 2.08. The Balaban J connectivity index is 3.26. The van der Waals surface area contributed by atoms with Crippen molar-refractivity contribution in [3.8, 4) is 0 Å². The van der Waals surface area contributed by atoms with E-state index in [1.165, 1.54) is 10.9 Å². The van der Waals surface area contributed by atoms with Gasteiger partial charge in [-0.05, 0) is 0 Å². The molecule has 0 saturated carbocycles. The molecule has 0 N–H and O–H groups in total. The quantitative estimate of drug-likeness (QED) is 0.689. The summed E-state index contributed by atoms with van der Waals surface area (Å²) in [5.74, 6) is 0. The third-order valence-corrected chi connectivity index (χ3v) is 1.99. The zero-order valence-electron chi connectivity index (χ0n) is 6.13. The SMILES string of the molecule is C=CCn1ncc(Cl)c(Cl)c1=O. The minimum Gasteiger partial charge on any atom is -0.266 e. The van der Waals surface area contributed by atoms with E-state index in [0.29, 0.717) is 6.54 Å². The van der Waals surface area contributed by atoms with Gasteiger partial charge in [-0.15, -0.1) is 6.58 Å². The number of aromatic nitrogens is 2. The van der Waals surface area contributed by atoms with E-state index in [9.17, 15) is 4.79 Å². The topological polar surface area (TPSA) is 34.9 Å². The second-order valence-corrected chi connectivity index (χ2v) is 2.87. The van der Waals surface area contributed by atoms with Crippen LogP contribution < -0.4 is 5.56 Å². The molecule has 0 spiro atoms. The standard InChI is InChI=1S/C7H6Cl2N2O/c1-2-3-11-7(12)6(9)5(8)4-10-11/h2,4H,1,3H2. The van der Waals surface area contributed by atoms with Crippen molar-refractivity contribution in [1.82, 2.24) is 9.78 Å². The van der Waals surface area contributed by atoms with Crippen molar-refractivity contribution >= 4 is 23.2 Å². The van der Waals surface area contributed by atoms with E-state index in [1.54, 1.807) is 6.08 Å². The molecule has 0 radical (unpaired) electrons. The smallest absolute Gasteiger partial charge is 0.266 e. The summed E-state index contributed by atoms with van der Waals surface area (Å²) >= 11 is 11.1. The van der Waals surface area contributed by atoms with Crippen LogP contribution in [0.5, 0.6) is 0 Å². The minimum atomic E-state index is -0.399. The molecule has 3 nitrogen and oxygen atoms in total. The Morgan fingerprint density at radius 3 is 2.92 bits per heavy atom. The summed E-state index contributed by atoms with van der Waals surface area (Å²) in [5, 5.41) is 3.91. The lowest BCUT2D eigenvalue weighted by atomic mass is 10.5. The molecule has 0 aromatic carbocycles. The maximum atomic E-state index is 11.2. The zero-order valence-corrected chi connectivity index (χ0v) is 7.64. The molecule has 0 atom stereocenters. The Kier molecular flexibility index (Phi) is 2.89. The van der Waals surface area contributed by atoms with E-state index < -0.39 is 5.56 Å². The van der Waals surface area contributed by atoms with Gasteiger partial charge in [0.2, 0.25) is 0 Å². The fourth-order valence-corrected chi connectivity index (χ4v) is 0.968. The first kappa shape index (κ1) is 9.29. The summed E-state index contributed by atoms with van der Waals surface area (Å²) in [6.45, 7) is 3.80. The van der Waals surface area contributed by atoms with E-state index in [1.807, 2.05) is 0 Å². The second kappa shape index (κ2) is 3.74. The number of rotatable bonds is 2. The van der Waals surface area contributed by atoms with Crippen LogP contribution in [-0.4, -0.2) is 9.78 Å². The van der Waals surface area contributed by atoms with Gasteiger partial charge in [0, 0.05) is 0 Å². The highest BCUT2D eigenvalue weighted by Crippen LogP contribution is 2.14. The number of hydrogen-bond donors (Lipinski definition) is 0. The summed E-state index contributed by atoms with van der Waals surface area (Å²) in [7, 11) is 0. The van der Waals surface area contributed by atoms with Crippen LogP contribution in [0.1, 0.15) is 0 Å². The Morgan fingerprint density at radius 2 is 2.33 bits per heavy atom. The fourth-order valence-electron chi connectivity index (χ4n) is 0.697. The van der Waals surface area contributed by atoms with Crippen molar-refractivity contribution in [3.05, 3.63) is 39.3 Å². The number of allylic oxidation sites excluding steroid dienone is 1. The van der Waals surface area contributed by atoms with Crippen molar-refractivity contribution in [2.45, 2.75) is 6.54 Å². The van der Waals surface area contributed by atoms with Crippen molar-refractivity contribution in [1.29, 1.82) is 0 Å². The number of nitrogens with zero attached hydrogens (tertiary/aromatic N) is 2. The van der Waals surface area contributed by atoms with Gasteiger partial charge in [-0.3, -0.25) is 4.79 Å². The van der Waals surface area contributed by atoms with Crippen LogP contribution in [0.25, 0.3) is 0 Å². The molecular formula is C7H6Cl2N2O. The van der Waals surface area contributed by atoms with Crippen LogP contribution in [0, 0.1) is 0 Å². The number of hydrogen-bond acceptors (Lipinski definition) is 2. The van der Waals surface area contributed by atoms with E-state index in [2.05, 4.69) is 11.7 Å². The van der Waals surface area contributed by atoms with E-state index in [-0.39, 0.29) is 10.0 Å². The summed E-state index contributed by atoms with van der Waals surface area (Å²) in [6, 6.07) is 0. The molecular weight excluding hydrogens is 199 g/mol. The molecule has 1 aromatic rings. The van der Waals surface area contributed by atoms with Crippen LogP contribution in [-0.2, 0) is 6.54 Å². The molecule has 1 heterocycles. The third kappa shape index (κ3) is 1.68. The predicted octanol–water partition coefficient (Wildman–Crippen LogP) is 1.74. The van der Waals surface area contributed by atoms with E-state index in [4.69, 9.17) is 23.2 Å². The fraction of sp³-hybridized carbons (Fsp3) is 0.143. The van der Waals surface area contributed by atoms with Gasteiger partial charge in [0.1, 0.15) is 5.02 Å². The molecule has 0 amide bonds. The van der Waals surface area contributed by atoms with Gasteiger partial charge in [0.15, 0.2) is 0 Å². The average Bonchev–Trinajstić information content (AvgIpc) is 2.07. The van der Waals surface area contributed by atoms with Gasteiger partial charge in [-0.2, -0.15) is 5.10 Å². The Labute approximate surface area is 79.2 Å². The molecule has 64 valence electrons. The van der Waals surface area contributed by atoms with Crippen molar-refractivity contribution < 1.29 is 0 Å². The van der Waals surface area contributed by atoms with Crippen molar-refractivity contribution in [3.63, 3.8) is 0 Å². The highest BCUT2D eigenvalue weighted by molar-refractivity contribution is 6.41. The average molecular weight is 205 g/mol. The first-order valence-electron chi connectivity index (χ1n) is 3.19. The summed E-state index contributed by atoms with van der Waals surface area (Å²) in [5.41, 5.74) is -0.399. The molecule has 0 fully saturated rings. The molecule has 0 aliphatic rings. The minimum absolute atomic E-state index is 0.00600. The maximum Gasteiger partial charge on any atom is 0.287 e. The lowest BCUT2D eigenvalue weighted by Gasteiger charge is -2.00. The first-order chi connectivity index (χ1) is 5.66. The summed E-state index contributed by atoms with van der Waals surface area (Å²) < 4.78 is 1.18. The third-order valence-electron chi connectivity index (χ3n) is 1.24. The lowest BCUT2D eigenvalue weighted by Crippen LogP contribution is -2.22. The van der Waals surface area contributed by atoms with Crippen molar-refractivity contribution in [2.24, 2.45) is 0 Å². The van der Waals surface area contributed by atoms with Gasteiger partial charge >= 0.3 is 0 Å². The molecule has 12 heavy (non-hydrogen) atoms. The molecule has 0 aliphatic heterocycles. The first-order valence-corrected chi connectivity index (χ1v) is 3.94. The Bertz CT molecular complexity index is 359. The summed E-state index contributed by atoms with van der Waals surface area (Å²) in [4.78, 5) is 11.2. The van der Waals surface area contributed by atoms with Crippen LogP contribution in [0.2, 0.25) is 10.0 Å². The van der Waals surface area contributed by atoms with Crippen LogP contribution in [0.3, 0.4) is 0 Å². The zero-order chi connectivity index (χ0) is 9.14. The molecule has 0 bridgehead atoms. The predicted molar refractivity (Wildman–Crippen MR) is 48.7 cm³/mol. The molecule has 0 unspecified atom stereocenters. The van der Waals surface area contributed by atoms with Crippen LogP contribution >= 0.6 is 23.2 Å². The Morgan fingerprint density at radius 1 is 1.67 bits per heavy atom. The molecule has 1 rings (SSSR count). The lowest BCUT2D eigenvalue weighted by molar-refractivity contribution is 0.652. The van der Waals surface area contributed by atoms with Gasteiger partial charge in [0.25, 0.3) is 5.56 Å². The van der Waals surface area contributed by atoms with Crippen LogP contribution in [0.4, 0.5) is 0 Å². The summed E-state index contributed by atoms with van der Waals surface area (Å²) in [6.07, 6.45) is 2.88. The van der Waals surface area contributed by atoms with Gasteiger partial charge in [0.05, 0.1) is 17.8 Å². The van der Waals surface area contributed by atoms with Crippen molar-refractivity contribution in [2.75, 3.05) is 0 Å². The van der Waals surface area contributed by atoms with E-state index in [0.717, 1.165) is 0 Å². The Hall–Kier alpha value is -0.800. The van der Waals surface area contributed by atoms with E-state index >= 15 is 0 Å². The largest absolute Gasteiger partial charge is 0.287 e. The highest BCUT2D eigenvalue weighted by Gasteiger charge is 2.05.